The Bertz CT molecular complexity index is 557. The van der Waals surface area contributed by atoms with Crippen LogP contribution >= 0.6 is 11.8 Å². The van der Waals surface area contributed by atoms with Crippen LogP contribution in [0.2, 0.25) is 0 Å². The number of anilines is 1. The molecule has 0 atom stereocenters. The van der Waals surface area contributed by atoms with Crippen molar-refractivity contribution < 1.29 is 9.21 Å². The molecule has 18 heavy (non-hydrogen) atoms. The smallest absolute Gasteiger partial charge is 0.300 e. The maximum absolute atomic E-state index is 11.2. The van der Waals surface area contributed by atoms with E-state index in [2.05, 4.69) is 9.97 Å². The molecule has 2 aromatic rings. The van der Waals surface area contributed by atoms with Gasteiger partial charge in [-0.15, -0.1) is 0 Å². The van der Waals surface area contributed by atoms with Crippen LogP contribution in [0.1, 0.15) is 16.3 Å². The van der Waals surface area contributed by atoms with Gasteiger partial charge < -0.3 is 10.2 Å². The van der Waals surface area contributed by atoms with Crippen LogP contribution in [0.5, 0.6) is 0 Å². The van der Waals surface area contributed by atoms with Gasteiger partial charge in [0.05, 0.1) is 5.75 Å². The van der Waals surface area contributed by atoms with Crippen molar-refractivity contribution in [1.82, 2.24) is 15.4 Å². The fourth-order valence-corrected chi connectivity index (χ4v) is 2.01. The van der Waals surface area contributed by atoms with Gasteiger partial charge in [0.25, 0.3) is 0 Å². The zero-order chi connectivity index (χ0) is 13.0. The summed E-state index contributed by atoms with van der Waals surface area (Å²) in [4.78, 5) is 19.2. The molecule has 2 rings (SSSR count). The molecule has 0 radical (unpaired) electrons. The van der Waals surface area contributed by atoms with Crippen LogP contribution in [-0.4, -0.2) is 15.9 Å². The molecule has 0 aliphatic rings. The van der Waals surface area contributed by atoms with E-state index in [0.29, 0.717) is 22.4 Å². The number of rotatable bonds is 4. The number of hydrogen-bond acceptors (Lipinski definition) is 7. The number of nitrogens with one attached hydrogen (secondary N) is 1. The Hall–Kier alpha value is -2.06. The standard InChI is InChI=1S/C10H11N5O2S/c11-8-10(14-4-3-13-8)18-5-6-1-2-7(17-6)9(16)15-12/h1-4H,5,12H2,(H2,11,13)(H,15,16). The Balaban J connectivity index is 2.01. The molecule has 2 heterocycles. The van der Waals surface area contributed by atoms with Gasteiger partial charge in [-0.25, -0.2) is 15.8 Å². The predicted molar refractivity (Wildman–Crippen MR) is 66.4 cm³/mol. The quantitative estimate of drug-likeness (QED) is 0.319. The van der Waals surface area contributed by atoms with Crippen molar-refractivity contribution in [1.29, 1.82) is 0 Å². The summed E-state index contributed by atoms with van der Waals surface area (Å²) in [6.07, 6.45) is 3.09. The van der Waals surface area contributed by atoms with Gasteiger partial charge in [-0.05, 0) is 12.1 Å². The third kappa shape index (κ3) is 2.79. The fraction of sp³-hybridized carbons (Fsp3) is 0.100. The van der Waals surface area contributed by atoms with Gasteiger partial charge in [0.2, 0.25) is 0 Å². The van der Waals surface area contributed by atoms with Crippen LogP contribution in [0, 0.1) is 0 Å². The third-order valence-corrected chi connectivity index (χ3v) is 3.08. The molecule has 8 heteroatoms. The van der Waals surface area contributed by atoms with Crippen LogP contribution in [-0.2, 0) is 5.75 Å². The molecule has 0 unspecified atom stereocenters. The van der Waals surface area contributed by atoms with Crippen molar-refractivity contribution in [3.8, 4) is 0 Å². The molecule has 2 aromatic heterocycles. The first-order valence-corrected chi connectivity index (χ1v) is 5.98. The number of carbonyl (C=O) groups is 1. The lowest BCUT2D eigenvalue weighted by atomic mass is 10.4. The molecule has 0 saturated carbocycles. The Kier molecular flexibility index (Phi) is 3.80. The van der Waals surface area contributed by atoms with Crippen molar-refractivity contribution in [2.75, 3.05) is 5.73 Å². The lowest BCUT2D eigenvalue weighted by molar-refractivity contribution is 0.0924. The lowest BCUT2D eigenvalue weighted by Gasteiger charge is -2.00. The van der Waals surface area contributed by atoms with E-state index in [4.69, 9.17) is 16.0 Å². The summed E-state index contributed by atoms with van der Waals surface area (Å²) in [5, 5.41) is 0.624. The number of furan rings is 1. The molecule has 0 fully saturated rings. The second-order valence-electron chi connectivity index (χ2n) is 3.27. The first kappa shape index (κ1) is 12.4. The molecule has 0 saturated heterocycles. The highest BCUT2D eigenvalue weighted by Crippen LogP contribution is 2.24. The van der Waals surface area contributed by atoms with Crippen molar-refractivity contribution in [2.24, 2.45) is 5.84 Å². The van der Waals surface area contributed by atoms with Crippen molar-refractivity contribution >= 4 is 23.5 Å². The Labute approximate surface area is 107 Å². The van der Waals surface area contributed by atoms with E-state index >= 15 is 0 Å². The number of amides is 1. The highest BCUT2D eigenvalue weighted by atomic mass is 32.2. The van der Waals surface area contributed by atoms with Gasteiger partial charge in [-0.2, -0.15) is 0 Å². The van der Waals surface area contributed by atoms with Crippen molar-refractivity contribution in [3.05, 3.63) is 36.0 Å². The molecular weight excluding hydrogens is 254 g/mol. The van der Waals surface area contributed by atoms with Gasteiger partial charge in [0, 0.05) is 12.4 Å². The average molecular weight is 265 g/mol. The zero-order valence-electron chi connectivity index (χ0n) is 9.29. The number of nitrogen functional groups attached to an aromatic ring is 2. The van der Waals surface area contributed by atoms with Crippen LogP contribution in [0.4, 0.5) is 5.82 Å². The molecule has 7 nitrogen and oxygen atoms in total. The molecule has 1 amide bonds. The van der Waals surface area contributed by atoms with Crippen LogP contribution in [0.3, 0.4) is 0 Å². The summed E-state index contributed by atoms with van der Waals surface area (Å²) in [6.45, 7) is 0. The summed E-state index contributed by atoms with van der Waals surface area (Å²) >= 11 is 1.38. The van der Waals surface area contributed by atoms with Gasteiger partial charge in [-0.3, -0.25) is 10.2 Å². The van der Waals surface area contributed by atoms with Crippen LogP contribution < -0.4 is 17.0 Å². The summed E-state index contributed by atoms with van der Waals surface area (Å²) in [5.74, 6) is 6.20. The van der Waals surface area contributed by atoms with Gasteiger partial charge in [0.1, 0.15) is 10.8 Å². The maximum Gasteiger partial charge on any atom is 0.300 e. The van der Waals surface area contributed by atoms with Gasteiger partial charge in [0.15, 0.2) is 11.6 Å². The van der Waals surface area contributed by atoms with Crippen LogP contribution in [0.15, 0.2) is 34.0 Å². The normalized spacial score (nSPS) is 10.3. The molecule has 0 aliphatic heterocycles. The van der Waals surface area contributed by atoms with E-state index in [1.165, 1.54) is 18.0 Å². The van der Waals surface area contributed by atoms with E-state index in [0.717, 1.165) is 0 Å². The van der Waals surface area contributed by atoms with E-state index in [1.54, 1.807) is 18.3 Å². The van der Waals surface area contributed by atoms with Crippen molar-refractivity contribution in [2.45, 2.75) is 10.8 Å². The maximum atomic E-state index is 11.2. The Morgan fingerprint density at radius 1 is 1.39 bits per heavy atom. The number of nitrogens with two attached hydrogens (primary N) is 2. The molecular formula is C10H11N5O2S. The molecule has 0 spiro atoms. The number of carbonyl (C=O) groups excluding carboxylic acids is 1. The largest absolute Gasteiger partial charge is 0.455 e. The Morgan fingerprint density at radius 2 is 2.17 bits per heavy atom. The molecule has 0 bridgehead atoms. The predicted octanol–water partition coefficient (Wildman–Crippen LogP) is 0.548. The lowest BCUT2D eigenvalue weighted by Crippen LogP contribution is -2.29. The third-order valence-electron chi connectivity index (χ3n) is 2.06. The summed E-state index contributed by atoms with van der Waals surface area (Å²) in [7, 11) is 0. The fourth-order valence-electron chi connectivity index (χ4n) is 1.24. The second kappa shape index (κ2) is 5.52. The van der Waals surface area contributed by atoms with E-state index in [-0.39, 0.29) is 5.76 Å². The van der Waals surface area contributed by atoms with Crippen molar-refractivity contribution in [3.63, 3.8) is 0 Å². The minimum atomic E-state index is -0.467. The first-order chi connectivity index (χ1) is 8.70. The molecule has 0 aromatic carbocycles. The number of aromatic nitrogens is 2. The minimum Gasteiger partial charge on any atom is -0.455 e. The van der Waals surface area contributed by atoms with Gasteiger partial charge >= 0.3 is 5.91 Å². The second-order valence-corrected chi connectivity index (χ2v) is 4.24. The highest BCUT2D eigenvalue weighted by Gasteiger charge is 2.10. The highest BCUT2D eigenvalue weighted by molar-refractivity contribution is 7.98. The zero-order valence-corrected chi connectivity index (χ0v) is 10.1. The average Bonchev–Trinajstić information content (AvgIpc) is 2.86. The topological polar surface area (TPSA) is 120 Å². The number of nitrogens with zero attached hydrogens (tertiary/aromatic N) is 2. The van der Waals surface area contributed by atoms with E-state index in [1.807, 2.05) is 5.43 Å². The van der Waals surface area contributed by atoms with Crippen LogP contribution in [0.25, 0.3) is 0 Å². The number of hydrazine groups is 1. The summed E-state index contributed by atoms with van der Waals surface area (Å²) < 4.78 is 5.30. The van der Waals surface area contributed by atoms with E-state index < -0.39 is 5.91 Å². The monoisotopic (exact) mass is 265 g/mol. The summed E-state index contributed by atoms with van der Waals surface area (Å²) in [6, 6.07) is 3.25. The molecule has 0 aliphatic carbocycles. The summed E-state index contributed by atoms with van der Waals surface area (Å²) in [5.41, 5.74) is 7.65. The molecule has 5 N–H and O–H groups in total. The van der Waals surface area contributed by atoms with E-state index in [9.17, 15) is 4.79 Å². The molecule has 94 valence electrons. The number of thioether (sulfide) groups is 1. The number of hydrogen-bond donors (Lipinski definition) is 3. The first-order valence-electron chi connectivity index (χ1n) is 4.99. The SMILES string of the molecule is NNC(=O)c1ccc(CSc2nccnc2N)o1. The minimum absolute atomic E-state index is 0.167. The van der Waals surface area contributed by atoms with Gasteiger partial charge in [-0.1, -0.05) is 11.8 Å². The Morgan fingerprint density at radius 3 is 2.89 bits per heavy atom.